The summed E-state index contributed by atoms with van der Waals surface area (Å²) in [5.41, 5.74) is 7.52. The average Bonchev–Trinajstić information content (AvgIpc) is 3.08. The third-order valence-corrected chi connectivity index (χ3v) is 6.27. The average molecular weight is 445 g/mol. The van der Waals surface area contributed by atoms with Gasteiger partial charge in [0.05, 0.1) is 16.3 Å². The van der Waals surface area contributed by atoms with E-state index >= 15 is 0 Å². The molecule has 5 nitrogen and oxygen atoms in total. The second kappa shape index (κ2) is 8.62. The number of carbonyl (C=O) groups excluding carboxylic acids is 1. The van der Waals surface area contributed by atoms with Gasteiger partial charge in [0.2, 0.25) is 0 Å². The summed E-state index contributed by atoms with van der Waals surface area (Å²) in [5.74, 6) is -0.414. The van der Waals surface area contributed by atoms with E-state index in [1.807, 2.05) is 13.8 Å². The molecule has 3 aromatic rings. The third-order valence-electron chi connectivity index (χ3n) is 5.64. The summed E-state index contributed by atoms with van der Waals surface area (Å²) in [6.45, 7) is 11.9. The van der Waals surface area contributed by atoms with Crippen LogP contribution in [0.25, 0.3) is 11.3 Å². The molecule has 0 aliphatic heterocycles. The molecule has 0 N–H and O–H groups in total. The second-order valence-electron chi connectivity index (χ2n) is 7.21. The molecule has 0 saturated carbocycles. The van der Waals surface area contributed by atoms with Crippen molar-refractivity contribution in [3.05, 3.63) is 72.9 Å². The van der Waals surface area contributed by atoms with E-state index in [4.69, 9.17) is 32.6 Å². The van der Waals surface area contributed by atoms with Crippen LogP contribution in [0.1, 0.15) is 49.5 Å². The Bertz CT molecular complexity index is 1130. The fourth-order valence-electron chi connectivity index (χ4n) is 3.40. The van der Waals surface area contributed by atoms with Crippen LogP contribution in [0.4, 0.5) is 0 Å². The van der Waals surface area contributed by atoms with Gasteiger partial charge in [0.15, 0.2) is 0 Å². The van der Waals surface area contributed by atoms with Crippen molar-refractivity contribution in [2.45, 2.75) is 41.5 Å². The molecule has 0 radical (unpaired) electrons. The van der Waals surface area contributed by atoms with E-state index in [9.17, 15) is 4.79 Å². The first-order valence-corrected chi connectivity index (χ1v) is 10.1. The molecule has 0 unspecified atom stereocenters. The van der Waals surface area contributed by atoms with Crippen molar-refractivity contribution in [1.29, 1.82) is 0 Å². The van der Waals surface area contributed by atoms with Crippen LogP contribution in [0.2, 0.25) is 10.0 Å². The normalized spacial score (nSPS) is 11.3. The van der Waals surface area contributed by atoms with Gasteiger partial charge >= 0.3 is 5.97 Å². The van der Waals surface area contributed by atoms with Crippen molar-refractivity contribution in [2.75, 3.05) is 0 Å². The van der Waals surface area contributed by atoms with Crippen LogP contribution in [0.5, 0.6) is 0 Å². The maximum atomic E-state index is 12.8. The fraction of sp³-hybridized carbons (Fsp3) is 0.261. The van der Waals surface area contributed by atoms with Crippen molar-refractivity contribution in [1.82, 2.24) is 5.16 Å². The van der Waals surface area contributed by atoms with Gasteiger partial charge in [0, 0.05) is 11.1 Å². The first-order chi connectivity index (χ1) is 14.1. The lowest BCUT2D eigenvalue weighted by Crippen LogP contribution is -2.06. The summed E-state index contributed by atoms with van der Waals surface area (Å²) < 4.78 is 5.21. The fourth-order valence-corrected chi connectivity index (χ4v) is 3.98. The molecular formula is C23H22Cl2N2O3. The number of oxime groups is 1. The Morgan fingerprint density at radius 1 is 0.967 bits per heavy atom. The molecule has 0 aliphatic rings. The highest BCUT2D eigenvalue weighted by atomic mass is 35.5. The standard InChI is InChI=1S/C23H22Cl2N2O3/c1-11-12(2)14(4)17(15(5)13(11)3)10-26-30-23(28)20-16(6)29-27-22(20)21-18(24)8-7-9-19(21)25/h7-10H,1-6H3/b26-10-. The van der Waals surface area contributed by atoms with Crippen LogP contribution < -0.4 is 0 Å². The Morgan fingerprint density at radius 2 is 1.50 bits per heavy atom. The third kappa shape index (κ3) is 3.87. The van der Waals surface area contributed by atoms with Crippen LogP contribution in [0, 0.1) is 41.5 Å². The summed E-state index contributed by atoms with van der Waals surface area (Å²) >= 11 is 12.5. The number of hydrogen-bond acceptors (Lipinski definition) is 5. The van der Waals surface area contributed by atoms with Crippen LogP contribution in [0.15, 0.2) is 27.9 Å². The van der Waals surface area contributed by atoms with Gasteiger partial charge < -0.3 is 9.36 Å². The first kappa shape index (κ1) is 22.1. The van der Waals surface area contributed by atoms with Crippen LogP contribution in [0.3, 0.4) is 0 Å². The zero-order valence-corrected chi connectivity index (χ0v) is 19.2. The van der Waals surface area contributed by atoms with Gasteiger partial charge in [0.25, 0.3) is 0 Å². The topological polar surface area (TPSA) is 64.7 Å². The van der Waals surface area contributed by atoms with E-state index in [0.29, 0.717) is 15.6 Å². The highest BCUT2D eigenvalue weighted by molar-refractivity contribution is 6.39. The quantitative estimate of drug-likeness (QED) is 0.255. The highest BCUT2D eigenvalue weighted by Crippen LogP contribution is 2.37. The van der Waals surface area contributed by atoms with Crippen molar-refractivity contribution in [2.24, 2.45) is 5.16 Å². The minimum Gasteiger partial charge on any atom is -0.360 e. The number of aromatic nitrogens is 1. The number of halogens is 2. The number of benzene rings is 2. The van der Waals surface area contributed by atoms with Gasteiger partial charge in [-0.3, -0.25) is 0 Å². The van der Waals surface area contributed by atoms with E-state index in [1.165, 1.54) is 16.7 Å². The number of hydrogen-bond donors (Lipinski definition) is 0. The molecular weight excluding hydrogens is 423 g/mol. The Labute approximate surface area is 185 Å². The van der Waals surface area contributed by atoms with Crippen LogP contribution in [-0.2, 0) is 4.84 Å². The van der Waals surface area contributed by atoms with E-state index in [0.717, 1.165) is 16.7 Å². The van der Waals surface area contributed by atoms with Gasteiger partial charge in [-0.2, -0.15) is 0 Å². The molecule has 1 heterocycles. The van der Waals surface area contributed by atoms with Crippen molar-refractivity contribution >= 4 is 35.4 Å². The smallest absolute Gasteiger partial charge is 0.360 e. The van der Waals surface area contributed by atoms with Crippen molar-refractivity contribution in [3.8, 4) is 11.3 Å². The molecule has 2 aromatic carbocycles. The Kier molecular flexibility index (Phi) is 6.34. The van der Waals surface area contributed by atoms with Gasteiger partial charge in [-0.25, -0.2) is 4.79 Å². The summed E-state index contributed by atoms with van der Waals surface area (Å²) in [6.07, 6.45) is 1.56. The molecule has 7 heteroatoms. The van der Waals surface area contributed by atoms with E-state index in [1.54, 1.807) is 31.3 Å². The zero-order valence-electron chi connectivity index (χ0n) is 17.7. The maximum Gasteiger partial charge on any atom is 0.371 e. The number of carbonyl (C=O) groups is 1. The van der Waals surface area contributed by atoms with E-state index < -0.39 is 5.97 Å². The molecule has 156 valence electrons. The van der Waals surface area contributed by atoms with Crippen LogP contribution in [-0.4, -0.2) is 17.3 Å². The lowest BCUT2D eigenvalue weighted by Gasteiger charge is -2.15. The van der Waals surface area contributed by atoms with Gasteiger partial charge in [0.1, 0.15) is 17.0 Å². The minimum atomic E-state index is -0.702. The number of nitrogens with zero attached hydrogens (tertiary/aromatic N) is 2. The number of aryl methyl sites for hydroxylation is 1. The SMILES string of the molecule is Cc1onc(-c2c(Cl)cccc2Cl)c1C(=O)O/N=C\c1c(C)c(C)c(C)c(C)c1C. The summed E-state index contributed by atoms with van der Waals surface area (Å²) in [7, 11) is 0. The molecule has 0 aliphatic carbocycles. The van der Waals surface area contributed by atoms with Gasteiger partial charge in [-0.05, 0) is 81.5 Å². The number of rotatable bonds is 4. The largest absolute Gasteiger partial charge is 0.371 e. The molecule has 1 aromatic heterocycles. The summed E-state index contributed by atoms with van der Waals surface area (Å²) in [4.78, 5) is 17.9. The van der Waals surface area contributed by atoms with Gasteiger partial charge in [-0.1, -0.05) is 39.6 Å². The Morgan fingerprint density at radius 3 is 2.07 bits per heavy atom. The molecule has 0 amide bonds. The van der Waals surface area contributed by atoms with E-state index in [2.05, 4.69) is 31.1 Å². The summed E-state index contributed by atoms with van der Waals surface area (Å²) in [5, 5.41) is 8.61. The van der Waals surface area contributed by atoms with Crippen molar-refractivity contribution in [3.63, 3.8) is 0 Å². The maximum absolute atomic E-state index is 12.8. The first-order valence-electron chi connectivity index (χ1n) is 9.37. The lowest BCUT2D eigenvalue weighted by atomic mass is 9.90. The lowest BCUT2D eigenvalue weighted by molar-refractivity contribution is 0.0518. The zero-order chi connectivity index (χ0) is 22.2. The predicted octanol–water partition coefficient (Wildman–Crippen LogP) is 6.69. The minimum absolute atomic E-state index is 0.131. The van der Waals surface area contributed by atoms with E-state index in [-0.39, 0.29) is 17.0 Å². The molecule has 0 spiro atoms. The van der Waals surface area contributed by atoms with Crippen LogP contribution >= 0.6 is 23.2 Å². The molecule has 30 heavy (non-hydrogen) atoms. The van der Waals surface area contributed by atoms with Crippen molar-refractivity contribution < 1.29 is 14.2 Å². The second-order valence-corrected chi connectivity index (χ2v) is 8.03. The summed E-state index contributed by atoms with van der Waals surface area (Å²) in [6, 6.07) is 5.03. The Hall–Kier alpha value is -2.63. The monoisotopic (exact) mass is 444 g/mol. The molecule has 3 rings (SSSR count). The molecule has 0 fully saturated rings. The highest BCUT2D eigenvalue weighted by Gasteiger charge is 2.26. The Balaban J connectivity index is 1.94. The van der Waals surface area contributed by atoms with Gasteiger partial charge in [-0.15, -0.1) is 0 Å². The predicted molar refractivity (Wildman–Crippen MR) is 120 cm³/mol. The molecule has 0 saturated heterocycles. The molecule has 0 atom stereocenters. The molecule has 0 bridgehead atoms.